The fourth-order valence-corrected chi connectivity index (χ4v) is 3.07. The Morgan fingerprint density at radius 1 is 1.36 bits per heavy atom. The molecule has 0 fully saturated rings. The minimum Gasteiger partial charge on any atom is -0.396 e. The molecule has 2 aromatic rings. The number of aromatic nitrogens is 3. The number of aliphatic hydroxyl groups excluding tert-OH is 1. The number of H-pyrrole nitrogens is 1. The highest BCUT2D eigenvalue weighted by molar-refractivity contribution is 5.81. The van der Waals surface area contributed by atoms with Crippen LogP contribution >= 0.6 is 0 Å². The molecule has 3 N–H and O–H groups in total. The van der Waals surface area contributed by atoms with Crippen LogP contribution in [0.25, 0.3) is 11.0 Å². The lowest BCUT2D eigenvalue weighted by Crippen LogP contribution is -2.34. The first-order chi connectivity index (χ1) is 11.7. The fraction of sp³-hybridized carbons (Fsp3) is 0.611. The molecular weight excluding hydrogens is 320 g/mol. The second-order valence-corrected chi connectivity index (χ2v) is 7.41. The summed E-state index contributed by atoms with van der Waals surface area (Å²) in [6.45, 7) is 8.47. The zero-order valence-electron chi connectivity index (χ0n) is 15.7. The number of aliphatic hydroxyl groups is 1. The molecule has 7 heteroatoms. The summed E-state index contributed by atoms with van der Waals surface area (Å²) in [4.78, 5) is 28.8. The number of carbonyl (C=O) groups is 1. The Labute approximate surface area is 147 Å². The summed E-state index contributed by atoms with van der Waals surface area (Å²) in [5, 5.41) is 15.3. The van der Waals surface area contributed by atoms with Crippen LogP contribution in [0.2, 0.25) is 0 Å². The Kier molecular flexibility index (Phi) is 5.67. The number of rotatable bonds is 7. The topological polar surface area (TPSA) is 100 Å². The van der Waals surface area contributed by atoms with Crippen molar-refractivity contribution >= 4 is 16.9 Å². The molecule has 0 unspecified atom stereocenters. The number of aryl methyl sites for hydroxylation is 3. The van der Waals surface area contributed by atoms with Crippen LogP contribution in [0.5, 0.6) is 0 Å². The first-order valence-corrected chi connectivity index (χ1v) is 8.58. The third-order valence-electron chi connectivity index (χ3n) is 4.73. The lowest BCUT2D eigenvalue weighted by atomic mass is 9.89. The van der Waals surface area contributed by atoms with Gasteiger partial charge in [-0.3, -0.25) is 19.4 Å². The molecule has 25 heavy (non-hydrogen) atoms. The molecule has 7 nitrogen and oxygen atoms in total. The Bertz CT molecular complexity index is 833. The van der Waals surface area contributed by atoms with Gasteiger partial charge in [0.05, 0.1) is 5.39 Å². The largest absolute Gasteiger partial charge is 0.396 e. The molecule has 138 valence electrons. The smallest absolute Gasteiger partial charge is 0.273 e. The lowest BCUT2D eigenvalue weighted by molar-refractivity contribution is -0.121. The predicted molar refractivity (Wildman–Crippen MR) is 97.6 cm³/mol. The third-order valence-corrected chi connectivity index (χ3v) is 4.73. The Morgan fingerprint density at radius 3 is 2.68 bits per heavy atom. The van der Waals surface area contributed by atoms with Crippen molar-refractivity contribution in [2.45, 2.75) is 47.0 Å². The zero-order chi connectivity index (χ0) is 18.8. The quantitative estimate of drug-likeness (QED) is 0.703. The summed E-state index contributed by atoms with van der Waals surface area (Å²) in [6.07, 6.45) is 1.53. The molecule has 2 aromatic heterocycles. The van der Waals surface area contributed by atoms with E-state index in [2.05, 4.69) is 15.4 Å². The summed E-state index contributed by atoms with van der Waals surface area (Å²) in [6, 6.07) is 0. The molecule has 0 spiro atoms. The number of fused-ring (bicyclic) bond motifs is 1. The van der Waals surface area contributed by atoms with Crippen molar-refractivity contribution in [2.75, 3.05) is 13.2 Å². The number of pyridine rings is 1. The number of amides is 1. The number of aromatic amines is 1. The van der Waals surface area contributed by atoms with Crippen molar-refractivity contribution in [1.82, 2.24) is 20.1 Å². The highest BCUT2D eigenvalue weighted by Gasteiger charge is 2.19. The minimum atomic E-state index is -0.154. The van der Waals surface area contributed by atoms with Gasteiger partial charge in [-0.25, -0.2) is 4.98 Å². The van der Waals surface area contributed by atoms with Crippen LogP contribution in [0, 0.1) is 19.3 Å². The maximum atomic E-state index is 12.2. The number of carbonyl (C=O) groups excluding carboxylic acids is 1. The van der Waals surface area contributed by atoms with Crippen LogP contribution in [0.1, 0.15) is 43.5 Å². The Balaban J connectivity index is 2.09. The highest BCUT2D eigenvalue weighted by Crippen LogP contribution is 2.21. The van der Waals surface area contributed by atoms with E-state index >= 15 is 0 Å². The SMILES string of the molecule is Cc1nc2c(c(C)c1CCC(=O)NCC(C)(C)CCO)c(=O)[nH]n2C. The van der Waals surface area contributed by atoms with Crippen molar-refractivity contribution in [1.29, 1.82) is 0 Å². The van der Waals surface area contributed by atoms with Crippen molar-refractivity contribution in [3.63, 3.8) is 0 Å². The summed E-state index contributed by atoms with van der Waals surface area (Å²) in [5.74, 6) is -0.0353. The van der Waals surface area contributed by atoms with Crippen molar-refractivity contribution in [3.8, 4) is 0 Å². The molecule has 0 atom stereocenters. The lowest BCUT2D eigenvalue weighted by Gasteiger charge is -2.23. The molecule has 2 rings (SSSR count). The van der Waals surface area contributed by atoms with Crippen LogP contribution in [0.3, 0.4) is 0 Å². The standard InChI is InChI=1S/C18H28N4O3/c1-11-13(6-7-14(24)19-10-18(3,4)8-9-23)12(2)20-16-15(11)17(25)21-22(16)5/h23H,6-10H2,1-5H3,(H,19,24)(H,21,25). The second kappa shape index (κ2) is 7.39. The summed E-state index contributed by atoms with van der Waals surface area (Å²) < 4.78 is 1.62. The van der Waals surface area contributed by atoms with Crippen LogP contribution in [-0.4, -0.2) is 38.9 Å². The van der Waals surface area contributed by atoms with Gasteiger partial charge >= 0.3 is 0 Å². The van der Waals surface area contributed by atoms with Gasteiger partial charge in [0, 0.05) is 32.3 Å². The maximum Gasteiger partial charge on any atom is 0.273 e. The van der Waals surface area contributed by atoms with Gasteiger partial charge in [0.1, 0.15) is 0 Å². The van der Waals surface area contributed by atoms with Crippen molar-refractivity contribution in [3.05, 3.63) is 27.2 Å². The fourth-order valence-electron chi connectivity index (χ4n) is 3.07. The van der Waals surface area contributed by atoms with Crippen LogP contribution in [0.4, 0.5) is 0 Å². The molecule has 0 aliphatic rings. The van der Waals surface area contributed by atoms with Gasteiger partial charge in [0.15, 0.2) is 5.65 Å². The summed E-state index contributed by atoms with van der Waals surface area (Å²) in [7, 11) is 1.76. The van der Waals surface area contributed by atoms with Gasteiger partial charge in [-0.05, 0) is 43.2 Å². The van der Waals surface area contributed by atoms with E-state index in [1.54, 1.807) is 11.7 Å². The monoisotopic (exact) mass is 348 g/mol. The predicted octanol–water partition coefficient (Wildman–Crippen LogP) is 1.34. The van der Waals surface area contributed by atoms with E-state index in [1.807, 2.05) is 27.7 Å². The zero-order valence-corrected chi connectivity index (χ0v) is 15.7. The van der Waals surface area contributed by atoms with E-state index in [4.69, 9.17) is 5.11 Å². The summed E-state index contributed by atoms with van der Waals surface area (Å²) >= 11 is 0. The Morgan fingerprint density at radius 2 is 2.04 bits per heavy atom. The first kappa shape index (κ1) is 19.2. The molecular formula is C18H28N4O3. The van der Waals surface area contributed by atoms with Gasteiger partial charge in [0.25, 0.3) is 5.56 Å². The molecule has 0 aliphatic carbocycles. The van der Waals surface area contributed by atoms with Gasteiger partial charge in [-0.1, -0.05) is 13.8 Å². The van der Waals surface area contributed by atoms with E-state index in [9.17, 15) is 9.59 Å². The Hall–Kier alpha value is -2.15. The minimum absolute atomic E-state index is 0.0353. The molecule has 0 saturated carbocycles. The average Bonchev–Trinajstić information content (AvgIpc) is 2.79. The number of hydrogen-bond acceptors (Lipinski definition) is 4. The highest BCUT2D eigenvalue weighted by atomic mass is 16.3. The molecule has 0 radical (unpaired) electrons. The van der Waals surface area contributed by atoms with Gasteiger partial charge in [-0.2, -0.15) is 0 Å². The van der Waals surface area contributed by atoms with Crippen LogP contribution in [-0.2, 0) is 18.3 Å². The van der Waals surface area contributed by atoms with Crippen LogP contribution in [0.15, 0.2) is 4.79 Å². The average molecular weight is 348 g/mol. The van der Waals surface area contributed by atoms with E-state index in [0.29, 0.717) is 36.8 Å². The van der Waals surface area contributed by atoms with Gasteiger partial charge in [-0.15, -0.1) is 0 Å². The number of nitrogens with zero attached hydrogens (tertiary/aromatic N) is 2. The van der Waals surface area contributed by atoms with Gasteiger partial charge < -0.3 is 10.4 Å². The summed E-state index contributed by atoms with van der Waals surface area (Å²) in [5.41, 5.74) is 3.03. The molecule has 2 heterocycles. The maximum absolute atomic E-state index is 12.2. The molecule has 0 aliphatic heterocycles. The van der Waals surface area contributed by atoms with E-state index in [0.717, 1.165) is 16.8 Å². The molecule has 0 bridgehead atoms. The van der Waals surface area contributed by atoms with Gasteiger partial charge in [0.2, 0.25) is 5.91 Å². The third kappa shape index (κ3) is 4.28. The molecule has 1 amide bonds. The number of nitrogens with one attached hydrogen (secondary N) is 2. The number of hydrogen-bond donors (Lipinski definition) is 3. The van der Waals surface area contributed by atoms with Crippen molar-refractivity contribution < 1.29 is 9.90 Å². The first-order valence-electron chi connectivity index (χ1n) is 8.58. The van der Waals surface area contributed by atoms with E-state index < -0.39 is 0 Å². The van der Waals surface area contributed by atoms with E-state index in [1.165, 1.54) is 0 Å². The second-order valence-electron chi connectivity index (χ2n) is 7.41. The molecule has 0 aromatic carbocycles. The normalized spacial score (nSPS) is 11.9. The molecule has 0 saturated heterocycles. The van der Waals surface area contributed by atoms with Crippen molar-refractivity contribution in [2.24, 2.45) is 12.5 Å². The van der Waals surface area contributed by atoms with Crippen LogP contribution < -0.4 is 10.9 Å². The van der Waals surface area contributed by atoms with E-state index in [-0.39, 0.29) is 23.5 Å².